The van der Waals surface area contributed by atoms with Gasteiger partial charge in [-0.3, -0.25) is 0 Å². The molecule has 0 spiro atoms. The van der Waals surface area contributed by atoms with Gasteiger partial charge in [0.25, 0.3) is 0 Å². The van der Waals surface area contributed by atoms with Gasteiger partial charge < -0.3 is 5.11 Å². The van der Waals surface area contributed by atoms with Crippen molar-refractivity contribution < 1.29 is 9.50 Å². The molecule has 66 valence electrons. The molecule has 1 rings (SSSR count). The molecular formula is C7H13FOS2. The van der Waals surface area contributed by atoms with E-state index < -0.39 is 12.8 Å². The molecule has 0 radical (unpaired) electrons. The van der Waals surface area contributed by atoms with E-state index in [0.717, 1.165) is 11.5 Å². The number of hydrogen-bond acceptors (Lipinski definition) is 3. The van der Waals surface area contributed by atoms with Gasteiger partial charge in [0.1, 0.15) is 6.67 Å². The molecule has 4 heteroatoms. The van der Waals surface area contributed by atoms with Gasteiger partial charge in [-0.2, -0.15) is 0 Å². The Hall–Kier alpha value is 0.590. The first-order chi connectivity index (χ1) is 5.33. The first-order valence-electron chi connectivity index (χ1n) is 3.80. The van der Waals surface area contributed by atoms with Crippen molar-refractivity contribution in [3.8, 4) is 0 Å². The molecule has 1 fully saturated rings. The normalized spacial score (nSPS) is 23.5. The maximum atomic E-state index is 11.9. The summed E-state index contributed by atoms with van der Waals surface area (Å²) in [5.41, 5.74) is 0. The van der Waals surface area contributed by atoms with Crippen molar-refractivity contribution in [2.45, 2.75) is 23.5 Å². The van der Waals surface area contributed by atoms with E-state index in [-0.39, 0.29) is 0 Å². The van der Waals surface area contributed by atoms with Crippen LogP contribution in [0.5, 0.6) is 0 Å². The van der Waals surface area contributed by atoms with Crippen LogP contribution in [0.15, 0.2) is 0 Å². The topological polar surface area (TPSA) is 20.2 Å². The molecule has 0 aliphatic carbocycles. The van der Waals surface area contributed by atoms with Crippen molar-refractivity contribution in [1.29, 1.82) is 0 Å². The zero-order valence-electron chi connectivity index (χ0n) is 6.33. The molecule has 0 aromatic carbocycles. The highest BCUT2D eigenvalue weighted by Crippen LogP contribution is 2.33. The molecule has 0 aromatic rings. The molecule has 0 bridgehead atoms. The van der Waals surface area contributed by atoms with E-state index in [2.05, 4.69) is 0 Å². The van der Waals surface area contributed by atoms with Gasteiger partial charge in [0.2, 0.25) is 0 Å². The van der Waals surface area contributed by atoms with Crippen molar-refractivity contribution in [3.63, 3.8) is 0 Å². The predicted octanol–water partition coefficient (Wildman–Crippen LogP) is 1.90. The van der Waals surface area contributed by atoms with Crippen molar-refractivity contribution in [2.24, 2.45) is 0 Å². The summed E-state index contributed by atoms with van der Waals surface area (Å²) >= 11 is 3.69. The second kappa shape index (κ2) is 5.27. The van der Waals surface area contributed by atoms with Crippen molar-refractivity contribution >= 4 is 23.5 Å². The zero-order chi connectivity index (χ0) is 8.10. The lowest BCUT2D eigenvalue weighted by molar-refractivity contribution is 0.135. The Morgan fingerprint density at radius 2 is 2.09 bits per heavy atom. The standard InChI is InChI=1S/C7H13FOS2/c8-5-6(9)4-7-10-2-1-3-11-7/h6-7,9H,1-5H2. The molecule has 1 N–H and O–H groups in total. The predicted molar refractivity (Wildman–Crippen MR) is 49.9 cm³/mol. The maximum absolute atomic E-state index is 11.9. The van der Waals surface area contributed by atoms with E-state index in [4.69, 9.17) is 5.11 Å². The van der Waals surface area contributed by atoms with Gasteiger partial charge in [0.15, 0.2) is 0 Å². The minimum absolute atomic E-state index is 0.425. The third-order valence-corrected chi connectivity index (χ3v) is 4.53. The molecule has 1 atom stereocenters. The van der Waals surface area contributed by atoms with Gasteiger partial charge in [0.05, 0.1) is 10.7 Å². The van der Waals surface area contributed by atoms with E-state index in [1.165, 1.54) is 6.42 Å². The highest BCUT2D eigenvalue weighted by molar-refractivity contribution is 8.17. The molecular weight excluding hydrogens is 183 g/mol. The summed E-state index contributed by atoms with van der Waals surface area (Å²) in [4.78, 5) is 0. The number of aliphatic hydroxyl groups excluding tert-OH is 1. The smallest absolute Gasteiger partial charge is 0.115 e. The van der Waals surface area contributed by atoms with Crippen LogP contribution in [0.3, 0.4) is 0 Å². The van der Waals surface area contributed by atoms with Crippen LogP contribution in [-0.2, 0) is 0 Å². The maximum Gasteiger partial charge on any atom is 0.115 e. The Kier molecular flexibility index (Phi) is 4.64. The largest absolute Gasteiger partial charge is 0.390 e. The highest BCUT2D eigenvalue weighted by atomic mass is 32.2. The second-order valence-electron chi connectivity index (χ2n) is 2.57. The van der Waals surface area contributed by atoms with Gasteiger partial charge in [-0.1, -0.05) is 0 Å². The third-order valence-electron chi connectivity index (χ3n) is 1.54. The Balaban J connectivity index is 2.13. The van der Waals surface area contributed by atoms with E-state index in [1.54, 1.807) is 0 Å². The molecule has 1 heterocycles. The number of hydrogen-bond donors (Lipinski definition) is 1. The molecule has 1 nitrogen and oxygen atoms in total. The highest BCUT2D eigenvalue weighted by Gasteiger charge is 2.17. The second-order valence-corrected chi connectivity index (χ2v) is 5.49. The monoisotopic (exact) mass is 196 g/mol. The van der Waals surface area contributed by atoms with Gasteiger partial charge in [-0.05, 0) is 24.3 Å². The molecule has 0 amide bonds. The first kappa shape index (κ1) is 9.68. The lowest BCUT2D eigenvalue weighted by Crippen LogP contribution is -2.17. The lowest BCUT2D eigenvalue weighted by atomic mass is 10.3. The van der Waals surface area contributed by atoms with Gasteiger partial charge in [0, 0.05) is 0 Å². The van der Waals surface area contributed by atoms with Crippen LogP contribution < -0.4 is 0 Å². The van der Waals surface area contributed by atoms with E-state index in [0.29, 0.717) is 11.0 Å². The molecule has 1 aliphatic heterocycles. The summed E-state index contributed by atoms with van der Waals surface area (Å²) in [6.07, 6.45) is 1.11. The van der Waals surface area contributed by atoms with Crippen LogP contribution in [0, 0.1) is 0 Å². The van der Waals surface area contributed by atoms with Crippen molar-refractivity contribution in [2.75, 3.05) is 18.2 Å². The van der Waals surface area contributed by atoms with Crippen molar-refractivity contribution in [3.05, 3.63) is 0 Å². The summed E-state index contributed by atoms with van der Waals surface area (Å²) in [7, 11) is 0. The molecule has 11 heavy (non-hydrogen) atoms. The quantitative estimate of drug-likeness (QED) is 0.744. The summed E-state index contributed by atoms with van der Waals surface area (Å²) in [5.74, 6) is 2.33. The third kappa shape index (κ3) is 3.67. The Bertz CT molecular complexity index is 107. The Labute approximate surface area is 75.1 Å². The fraction of sp³-hybridized carbons (Fsp3) is 1.00. The summed E-state index contributed by atoms with van der Waals surface area (Å²) in [5, 5.41) is 9.01. The molecule has 1 aliphatic rings. The van der Waals surface area contributed by atoms with E-state index in [9.17, 15) is 4.39 Å². The zero-order valence-corrected chi connectivity index (χ0v) is 7.96. The number of alkyl halides is 1. The lowest BCUT2D eigenvalue weighted by Gasteiger charge is -2.21. The molecule has 0 aromatic heterocycles. The number of rotatable bonds is 3. The van der Waals surface area contributed by atoms with Crippen LogP contribution in [0.1, 0.15) is 12.8 Å². The number of thioether (sulfide) groups is 2. The average Bonchev–Trinajstić information content (AvgIpc) is 2.06. The molecule has 1 unspecified atom stereocenters. The van der Waals surface area contributed by atoms with Crippen LogP contribution >= 0.6 is 23.5 Å². The number of halogens is 1. The fourth-order valence-electron chi connectivity index (χ4n) is 0.958. The van der Waals surface area contributed by atoms with E-state index >= 15 is 0 Å². The Morgan fingerprint density at radius 3 is 2.64 bits per heavy atom. The first-order valence-corrected chi connectivity index (χ1v) is 5.90. The number of aliphatic hydroxyl groups is 1. The summed E-state index contributed by atoms with van der Waals surface area (Å²) in [6, 6.07) is 0. The van der Waals surface area contributed by atoms with Crippen molar-refractivity contribution in [1.82, 2.24) is 0 Å². The van der Waals surface area contributed by atoms with Crippen LogP contribution in [0.25, 0.3) is 0 Å². The van der Waals surface area contributed by atoms with Crippen LogP contribution in [0.4, 0.5) is 4.39 Å². The van der Waals surface area contributed by atoms with Crippen LogP contribution in [-0.4, -0.2) is 34.0 Å². The summed E-state index contributed by atoms with van der Waals surface area (Å²) < 4.78 is 12.3. The van der Waals surface area contributed by atoms with Gasteiger partial charge >= 0.3 is 0 Å². The minimum Gasteiger partial charge on any atom is -0.390 e. The molecule has 1 saturated heterocycles. The van der Waals surface area contributed by atoms with Crippen LogP contribution in [0.2, 0.25) is 0 Å². The van der Waals surface area contributed by atoms with Gasteiger partial charge in [-0.25, -0.2) is 4.39 Å². The Morgan fingerprint density at radius 1 is 1.45 bits per heavy atom. The van der Waals surface area contributed by atoms with Gasteiger partial charge in [-0.15, -0.1) is 23.5 Å². The van der Waals surface area contributed by atoms with E-state index in [1.807, 2.05) is 23.5 Å². The fourth-order valence-corrected chi connectivity index (χ4v) is 3.97. The SMILES string of the molecule is OC(CF)CC1SCCCS1. The molecule has 0 saturated carbocycles. The minimum atomic E-state index is -0.738. The summed E-state index contributed by atoms with van der Waals surface area (Å²) in [6.45, 7) is -0.600. The average molecular weight is 196 g/mol.